The number of rotatable bonds is 8. The Hall–Kier alpha value is -3.47. The standard InChI is InChI=1S/C27H29FN2O2/c1-19(2)17-29-26(31)16-22-8-6-9-24(15-22)30(18-21-11-13-23(28)14-12-21)27(32)25-10-5-4-7-20(25)3/h4-15,19H,16-18H2,1-3H3,(H,29,31). The third-order valence-electron chi connectivity index (χ3n) is 5.17. The zero-order valence-corrected chi connectivity index (χ0v) is 18.8. The molecule has 0 aliphatic rings. The molecule has 0 saturated heterocycles. The first-order chi connectivity index (χ1) is 15.3. The summed E-state index contributed by atoms with van der Waals surface area (Å²) in [5.74, 6) is -0.136. The molecule has 0 spiro atoms. The fourth-order valence-corrected chi connectivity index (χ4v) is 3.41. The van der Waals surface area contributed by atoms with Crippen molar-refractivity contribution in [1.82, 2.24) is 5.32 Å². The van der Waals surface area contributed by atoms with Crippen LogP contribution in [0.3, 0.4) is 0 Å². The molecule has 32 heavy (non-hydrogen) atoms. The van der Waals surface area contributed by atoms with Crippen LogP contribution in [0.2, 0.25) is 0 Å². The van der Waals surface area contributed by atoms with Crippen molar-refractivity contribution in [3.8, 4) is 0 Å². The van der Waals surface area contributed by atoms with Crippen molar-refractivity contribution >= 4 is 17.5 Å². The van der Waals surface area contributed by atoms with Crippen molar-refractivity contribution in [2.24, 2.45) is 5.92 Å². The number of benzene rings is 3. The van der Waals surface area contributed by atoms with Gasteiger partial charge in [0.25, 0.3) is 5.91 Å². The van der Waals surface area contributed by atoms with Crippen LogP contribution < -0.4 is 10.2 Å². The molecule has 3 aromatic rings. The molecule has 3 aromatic carbocycles. The van der Waals surface area contributed by atoms with Crippen LogP contribution in [0.15, 0.2) is 72.8 Å². The fourth-order valence-electron chi connectivity index (χ4n) is 3.41. The number of nitrogens with zero attached hydrogens (tertiary/aromatic N) is 1. The van der Waals surface area contributed by atoms with Crippen molar-refractivity contribution in [2.45, 2.75) is 33.7 Å². The summed E-state index contributed by atoms with van der Waals surface area (Å²) in [4.78, 5) is 27.5. The largest absolute Gasteiger partial charge is 0.356 e. The lowest BCUT2D eigenvalue weighted by Gasteiger charge is -2.24. The lowest BCUT2D eigenvalue weighted by Crippen LogP contribution is -2.31. The molecular weight excluding hydrogens is 403 g/mol. The zero-order chi connectivity index (χ0) is 23.1. The lowest BCUT2D eigenvalue weighted by atomic mass is 10.1. The molecule has 0 unspecified atom stereocenters. The molecule has 3 rings (SSSR count). The second-order valence-electron chi connectivity index (χ2n) is 8.38. The van der Waals surface area contributed by atoms with Gasteiger partial charge in [-0.25, -0.2) is 4.39 Å². The van der Waals surface area contributed by atoms with E-state index >= 15 is 0 Å². The summed E-state index contributed by atoms with van der Waals surface area (Å²) in [6, 6.07) is 21.0. The minimum atomic E-state index is -0.320. The molecule has 0 aliphatic carbocycles. The molecule has 0 bridgehead atoms. The summed E-state index contributed by atoms with van der Waals surface area (Å²) in [7, 11) is 0. The van der Waals surface area contributed by atoms with Gasteiger partial charge in [-0.1, -0.05) is 56.3 Å². The molecule has 4 nitrogen and oxygen atoms in total. The third kappa shape index (κ3) is 6.27. The van der Waals surface area contributed by atoms with E-state index in [0.717, 1.165) is 16.7 Å². The number of aryl methyl sites for hydroxylation is 1. The summed E-state index contributed by atoms with van der Waals surface area (Å²) in [5, 5.41) is 2.93. The minimum Gasteiger partial charge on any atom is -0.356 e. The van der Waals surface area contributed by atoms with Crippen molar-refractivity contribution in [1.29, 1.82) is 0 Å². The van der Waals surface area contributed by atoms with Crippen molar-refractivity contribution < 1.29 is 14.0 Å². The Morgan fingerprint density at radius 3 is 2.34 bits per heavy atom. The second-order valence-corrected chi connectivity index (χ2v) is 8.38. The van der Waals surface area contributed by atoms with Crippen LogP contribution in [0.4, 0.5) is 10.1 Å². The number of carbonyl (C=O) groups excluding carboxylic acids is 2. The Labute approximate surface area is 189 Å². The van der Waals surface area contributed by atoms with Crippen LogP contribution in [-0.4, -0.2) is 18.4 Å². The molecule has 0 radical (unpaired) electrons. The van der Waals surface area contributed by atoms with E-state index in [9.17, 15) is 14.0 Å². The number of hydrogen-bond donors (Lipinski definition) is 1. The average molecular weight is 433 g/mol. The highest BCUT2D eigenvalue weighted by atomic mass is 19.1. The van der Waals surface area contributed by atoms with Gasteiger partial charge in [0.05, 0.1) is 13.0 Å². The van der Waals surface area contributed by atoms with E-state index in [0.29, 0.717) is 23.7 Å². The van der Waals surface area contributed by atoms with E-state index in [1.807, 2.05) is 63.2 Å². The minimum absolute atomic E-state index is 0.0498. The van der Waals surface area contributed by atoms with Gasteiger partial charge in [0.15, 0.2) is 0 Å². The molecule has 2 amide bonds. The highest BCUT2D eigenvalue weighted by Gasteiger charge is 2.20. The third-order valence-corrected chi connectivity index (χ3v) is 5.17. The van der Waals surface area contributed by atoms with Crippen LogP contribution >= 0.6 is 0 Å². The summed E-state index contributed by atoms with van der Waals surface area (Å²) in [5.41, 5.74) is 3.82. The number of halogens is 1. The number of anilines is 1. The maximum atomic E-state index is 13.5. The number of amides is 2. The van der Waals surface area contributed by atoms with Crippen molar-refractivity contribution in [2.75, 3.05) is 11.4 Å². The molecule has 0 atom stereocenters. The summed E-state index contributed by atoms with van der Waals surface area (Å²) in [6.07, 6.45) is 0.240. The van der Waals surface area contributed by atoms with Crippen LogP contribution in [0.25, 0.3) is 0 Å². The predicted molar refractivity (Wildman–Crippen MR) is 126 cm³/mol. The Balaban J connectivity index is 1.90. The molecule has 0 aliphatic heterocycles. The Morgan fingerprint density at radius 1 is 0.938 bits per heavy atom. The van der Waals surface area contributed by atoms with Gasteiger partial charge in [-0.3, -0.25) is 9.59 Å². The van der Waals surface area contributed by atoms with Crippen LogP contribution in [0.1, 0.15) is 40.9 Å². The van der Waals surface area contributed by atoms with E-state index in [2.05, 4.69) is 5.32 Å². The first kappa shape index (κ1) is 23.2. The molecular formula is C27H29FN2O2. The summed E-state index contributed by atoms with van der Waals surface area (Å²) < 4.78 is 13.4. The number of carbonyl (C=O) groups is 2. The fraction of sp³-hybridized carbons (Fsp3) is 0.259. The number of nitrogens with one attached hydrogen (secondary N) is 1. The monoisotopic (exact) mass is 432 g/mol. The van der Waals surface area contributed by atoms with E-state index in [1.165, 1.54) is 12.1 Å². The van der Waals surface area contributed by atoms with E-state index in [-0.39, 0.29) is 30.6 Å². The van der Waals surface area contributed by atoms with Crippen LogP contribution in [0.5, 0.6) is 0 Å². The topological polar surface area (TPSA) is 49.4 Å². The Bertz CT molecular complexity index is 1080. The van der Waals surface area contributed by atoms with Gasteiger partial charge < -0.3 is 10.2 Å². The van der Waals surface area contributed by atoms with Gasteiger partial charge >= 0.3 is 0 Å². The average Bonchev–Trinajstić information content (AvgIpc) is 2.77. The van der Waals surface area contributed by atoms with Crippen LogP contribution in [0, 0.1) is 18.7 Å². The lowest BCUT2D eigenvalue weighted by molar-refractivity contribution is -0.120. The molecule has 0 heterocycles. The molecule has 0 fully saturated rings. The molecule has 0 aromatic heterocycles. The van der Waals surface area contributed by atoms with Gasteiger partial charge in [-0.05, 0) is 59.9 Å². The van der Waals surface area contributed by atoms with Crippen molar-refractivity contribution in [3.05, 3.63) is 101 Å². The van der Waals surface area contributed by atoms with E-state index in [1.54, 1.807) is 23.1 Å². The molecule has 5 heteroatoms. The van der Waals surface area contributed by atoms with Gasteiger partial charge in [0.1, 0.15) is 5.82 Å². The maximum Gasteiger partial charge on any atom is 0.258 e. The molecule has 166 valence electrons. The highest BCUT2D eigenvalue weighted by molar-refractivity contribution is 6.07. The smallest absolute Gasteiger partial charge is 0.258 e. The van der Waals surface area contributed by atoms with Gasteiger partial charge in [-0.2, -0.15) is 0 Å². The molecule has 1 N–H and O–H groups in total. The predicted octanol–water partition coefficient (Wildman–Crippen LogP) is 5.30. The first-order valence-electron chi connectivity index (χ1n) is 10.8. The molecule has 0 saturated carbocycles. The summed E-state index contributed by atoms with van der Waals surface area (Å²) in [6.45, 7) is 6.91. The van der Waals surface area contributed by atoms with E-state index < -0.39 is 0 Å². The Kier molecular flexibility index (Phi) is 7.77. The van der Waals surface area contributed by atoms with Gasteiger partial charge in [0.2, 0.25) is 5.91 Å². The van der Waals surface area contributed by atoms with Gasteiger partial charge in [-0.15, -0.1) is 0 Å². The first-order valence-corrected chi connectivity index (χ1v) is 10.8. The maximum absolute atomic E-state index is 13.5. The quantitative estimate of drug-likeness (QED) is 0.525. The SMILES string of the molecule is Cc1ccccc1C(=O)N(Cc1ccc(F)cc1)c1cccc(CC(=O)NCC(C)C)c1. The second kappa shape index (κ2) is 10.7. The normalized spacial score (nSPS) is 10.8. The number of hydrogen-bond acceptors (Lipinski definition) is 2. The van der Waals surface area contributed by atoms with Crippen LogP contribution in [-0.2, 0) is 17.8 Å². The highest BCUT2D eigenvalue weighted by Crippen LogP contribution is 2.23. The van der Waals surface area contributed by atoms with E-state index in [4.69, 9.17) is 0 Å². The summed E-state index contributed by atoms with van der Waals surface area (Å²) >= 11 is 0. The van der Waals surface area contributed by atoms with Crippen molar-refractivity contribution in [3.63, 3.8) is 0 Å². The Morgan fingerprint density at radius 2 is 1.66 bits per heavy atom. The van der Waals surface area contributed by atoms with Gasteiger partial charge in [0, 0.05) is 17.8 Å². The zero-order valence-electron chi connectivity index (χ0n) is 18.8.